The smallest absolute Gasteiger partial charge is 0.191 e. The molecule has 0 aliphatic heterocycles. The van der Waals surface area contributed by atoms with Crippen molar-refractivity contribution in [3.05, 3.63) is 70.0 Å². The van der Waals surface area contributed by atoms with E-state index in [0.29, 0.717) is 0 Å². The summed E-state index contributed by atoms with van der Waals surface area (Å²) in [7, 11) is 3.69. The second kappa shape index (κ2) is 7.85. The topological polar surface area (TPSA) is 39.9 Å². The molecule has 0 aliphatic rings. The molecule has 24 heavy (non-hydrogen) atoms. The van der Waals surface area contributed by atoms with Gasteiger partial charge in [0, 0.05) is 23.7 Å². The zero-order valence-corrected chi connectivity index (χ0v) is 16.0. The lowest BCUT2D eigenvalue weighted by Gasteiger charge is -2.05. The maximum atomic E-state index is 5.19. The van der Waals surface area contributed by atoms with Gasteiger partial charge in [0.2, 0.25) is 0 Å². The molecule has 6 heteroatoms. The van der Waals surface area contributed by atoms with E-state index in [0.717, 1.165) is 33.4 Å². The number of ether oxygens (including phenoxy) is 1. The van der Waals surface area contributed by atoms with Crippen LogP contribution in [0.3, 0.4) is 0 Å². The zero-order chi connectivity index (χ0) is 16.9. The van der Waals surface area contributed by atoms with Gasteiger partial charge in [-0.05, 0) is 35.4 Å². The van der Waals surface area contributed by atoms with Crippen LogP contribution in [0.1, 0.15) is 17.0 Å². The van der Waals surface area contributed by atoms with Crippen LogP contribution < -0.4 is 4.74 Å². The monoisotopic (exact) mass is 403 g/mol. The molecule has 0 aliphatic carbocycles. The Morgan fingerprint density at radius 3 is 2.58 bits per heavy atom. The number of thioether (sulfide) groups is 1. The van der Waals surface area contributed by atoms with E-state index in [1.807, 2.05) is 31.3 Å². The second-order valence-electron chi connectivity index (χ2n) is 5.40. The molecule has 0 spiro atoms. The Morgan fingerprint density at radius 1 is 1.08 bits per heavy atom. The summed E-state index contributed by atoms with van der Waals surface area (Å²) in [5.74, 6) is 2.69. The summed E-state index contributed by atoms with van der Waals surface area (Å²) in [5.41, 5.74) is 2.45. The van der Waals surface area contributed by atoms with E-state index in [1.165, 1.54) is 11.1 Å². The normalized spacial score (nSPS) is 10.8. The molecule has 0 N–H and O–H groups in total. The summed E-state index contributed by atoms with van der Waals surface area (Å²) < 4.78 is 8.35. The van der Waals surface area contributed by atoms with E-state index >= 15 is 0 Å². The van der Waals surface area contributed by atoms with E-state index in [2.05, 4.69) is 55.0 Å². The van der Waals surface area contributed by atoms with Gasteiger partial charge in [-0.25, -0.2) is 0 Å². The van der Waals surface area contributed by atoms with E-state index in [9.17, 15) is 0 Å². The molecule has 2 aromatic carbocycles. The first kappa shape index (κ1) is 17.0. The lowest BCUT2D eigenvalue weighted by Crippen LogP contribution is -2.00. The molecule has 0 saturated carbocycles. The molecule has 4 nitrogen and oxygen atoms in total. The molecule has 1 aromatic heterocycles. The number of rotatable bonds is 6. The lowest BCUT2D eigenvalue weighted by molar-refractivity contribution is 0.414. The van der Waals surface area contributed by atoms with Crippen LogP contribution in [0.5, 0.6) is 5.75 Å². The summed E-state index contributed by atoms with van der Waals surface area (Å²) in [4.78, 5) is 0. The fourth-order valence-corrected chi connectivity index (χ4v) is 3.64. The van der Waals surface area contributed by atoms with Gasteiger partial charge in [0.25, 0.3) is 0 Å². The predicted octanol–water partition coefficient (Wildman–Crippen LogP) is 4.47. The maximum absolute atomic E-state index is 5.19. The van der Waals surface area contributed by atoms with E-state index < -0.39 is 0 Å². The summed E-state index contributed by atoms with van der Waals surface area (Å²) >= 11 is 5.20. The summed E-state index contributed by atoms with van der Waals surface area (Å²) in [6.45, 7) is 0. The van der Waals surface area contributed by atoms with Crippen LogP contribution in [0.4, 0.5) is 0 Å². The van der Waals surface area contributed by atoms with Crippen LogP contribution in [0.25, 0.3) is 0 Å². The number of aromatic nitrogens is 3. The van der Waals surface area contributed by atoms with Crippen LogP contribution >= 0.6 is 27.7 Å². The van der Waals surface area contributed by atoms with Crippen molar-refractivity contribution in [1.29, 1.82) is 0 Å². The molecular formula is C18H18BrN3OS. The van der Waals surface area contributed by atoms with Crippen molar-refractivity contribution in [2.75, 3.05) is 7.11 Å². The van der Waals surface area contributed by atoms with Crippen molar-refractivity contribution < 1.29 is 4.74 Å². The number of hydrogen-bond donors (Lipinski definition) is 0. The fourth-order valence-electron chi connectivity index (χ4n) is 2.33. The maximum Gasteiger partial charge on any atom is 0.191 e. The highest BCUT2D eigenvalue weighted by Gasteiger charge is 2.10. The third-order valence-electron chi connectivity index (χ3n) is 3.70. The van der Waals surface area contributed by atoms with E-state index in [4.69, 9.17) is 4.74 Å². The van der Waals surface area contributed by atoms with E-state index in [-0.39, 0.29) is 0 Å². The second-order valence-corrected chi connectivity index (χ2v) is 7.26. The molecule has 0 bridgehead atoms. The Labute approximate surface area is 154 Å². The van der Waals surface area contributed by atoms with Crippen LogP contribution in [-0.2, 0) is 19.2 Å². The Balaban J connectivity index is 1.66. The fraction of sp³-hybridized carbons (Fsp3) is 0.222. The van der Waals surface area contributed by atoms with Crippen LogP contribution in [0, 0.1) is 0 Å². The Morgan fingerprint density at radius 2 is 1.88 bits per heavy atom. The first-order chi connectivity index (χ1) is 11.7. The molecule has 0 fully saturated rings. The van der Waals surface area contributed by atoms with Gasteiger partial charge in [-0.3, -0.25) is 0 Å². The van der Waals surface area contributed by atoms with Crippen molar-refractivity contribution in [1.82, 2.24) is 14.8 Å². The standard InChI is InChI=1S/C18H18BrN3OS/c1-22-17(11-13-6-8-16(23-2)9-7-13)20-21-18(22)24-12-14-4-3-5-15(19)10-14/h3-10H,11-12H2,1-2H3. The largest absolute Gasteiger partial charge is 0.497 e. The van der Waals surface area contributed by atoms with Crippen molar-refractivity contribution in [3.8, 4) is 5.75 Å². The number of methoxy groups -OCH3 is 1. The molecule has 0 atom stereocenters. The minimum absolute atomic E-state index is 0.755. The zero-order valence-electron chi connectivity index (χ0n) is 13.6. The summed E-state index contributed by atoms with van der Waals surface area (Å²) in [6, 6.07) is 16.4. The van der Waals surface area contributed by atoms with Gasteiger partial charge in [-0.2, -0.15) is 0 Å². The van der Waals surface area contributed by atoms with Crippen LogP contribution in [0.2, 0.25) is 0 Å². The molecule has 0 amide bonds. The summed E-state index contributed by atoms with van der Waals surface area (Å²) in [5, 5.41) is 9.59. The van der Waals surface area contributed by atoms with Crippen LogP contribution in [0.15, 0.2) is 58.2 Å². The van der Waals surface area contributed by atoms with Gasteiger partial charge in [0.1, 0.15) is 11.6 Å². The highest BCUT2D eigenvalue weighted by molar-refractivity contribution is 9.10. The quantitative estimate of drug-likeness (QED) is 0.569. The highest BCUT2D eigenvalue weighted by atomic mass is 79.9. The molecule has 0 unspecified atom stereocenters. The summed E-state index contributed by atoms with van der Waals surface area (Å²) in [6.07, 6.45) is 0.755. The number of nitrogens with zero attached hydrogens (tertiary/aromatic N) is 3. The van der Waals surface area contributed by atoms with Gasteiger partial charge < -0.3 is 9.30 Å². The first-order valence-electron chi connectivity index (χ1n) is 7.54. The van der Waals surface area contributed by atoms with Gasteiger partial charge >= 0.3 is 0 Å². The van der Waals surface area contributed by atoms with E-state index in [1.54, 1.807) is 18.9 Å². The average molecular weight is 404 g/mol. The molecule has 0 radical (unpaired) electrons. The van der Waals surface area contributed by atoms with Gasteiger partial charge in [0.05, 0.1) is 7.11 Å². The Bertz CT molecular complexity index is 817. The van der Waals surface area contributed by atoms with Gasteiger partial charge in [-0.15, -0.1) is 10.2 Å². The van der Waals surface area contributed by atoms with Gasteiger partial charge in [0.15, 0.2) is 5.16 Å². The highest BCUT2D eigenvalue weighted by Crippen LogP contribution is 2.23. The third-order valence-corrected chi connectivity index (χ3v) is 5.29. The minimum atomic E-state index is 0.755. The van der Waals surface area contributed by atoms with Crippen molar-refractivity contribution in [3.63, 3.8) is 0 Å². The Hall–Kier alpha value is -1.79. The number of benzene rings is 2. The number of hydrogen-bond acceptors (Lipinski definition) is 4. The minimum Gasteiger partial charge on any atom is -0.497 e. The lowest BCUT2D eigenvalue weighted by atomic mass is 10.1. The third kappa shape index (κ3) is 4.19. The SMILES string of the molecule is COc1ccc(Cc2nnc(SCc3cccc(Br)c3)n2C)cc1. The molecule has 124 valence electrons. The van der Waals surface area contributed by atoms with Crippen LogP contribution in [-0.4, -0.2) is 21.9 Å². The van der Waals surface area contributed by atoms with Crippen molar-refractivity contribution in [2.45, 2.75) is 17.3 Å². The Kier molecular flexibility index (Phi) is 5.58. The molecule has 3 rings (SSSR count). The predicted molar refractivity (Wildman–Crippen MR) is 101 cm³/mol. The van der Waals surface area contributed by atoms with Crippen molar-refractivity contribution >= 4 is 27.7 Å². The molecule has 0 saturated heterocycles. The molecule has 3 aromatic rings. The molecule has 1 heterocycles. The average Bonchev–Trinajstić information content (AvgIpc) is 2.94. The van der Waals surface area contributed by atoms with Gasteiger partial charge in [-0.1, -0.05) is 52.0 Å². The number of halogens is 1. The molecular weight excluding hydrogens is 386 g/mol. The van der Waals surface area contributed by atoms with Crippen molar-refractivity contribution in [2.24, 2.45) is 7.05 Å². The first-order valence-corrected chi connectivity index (χ1v) is 9.32.